The van der Waals surface area contributed by atoms with E-state index >= 15 is 0 Å². The summed E-state index contributed by atoms with van der Waals surface area (Å²) in [6, 6.07) is 13.5. The fourth-order valence-corrected chi connectivity index (χ4v) is 5.17. The molecule has 0 spiro atoms. The number of carbonyl (C=O) groups excluding carboxylic acids is 3. The van der Waals surface area contributed by atoms with Crippen molar-refractivity contribution in [3.8, 4) is 0 Å². The highest BCUT2D eigenvalue weighted by Crippen LogP contribution is 2.57. The number of hydrogen-bond donors (Lipinski definition) is 0. The fraction of sp³-hybridized carbons (Fsp3) is 0.318. The van der Waals surface area contributed by atoms with Crippen LogP contribution in [0.2, 0.25) is 0 Å². The van der Waals surface area contributed by atoms with Gasteiger partial charge in [0.1, 0.15) is 5.78 Å². The molecule has 3 aliphatic carbocycles. The molecule has 6 rings (SSSR count). The smallest absolute Gasteiger partial charge is 0.238 e. The summed E-state index contributed by atoms with van der Waals surface area (Å²) in [6.07, 6.45) is 0.364. The molecule has 1 heterocycles. The highest BCUT2D eigenvalue weighted by molar-refractivity contribution is 6.25. The van der Waals surface area contributed by atoms with Gasteiger partial charge < -0.3 is 0 Å². The summed E-state index contributed by atoms with van der Waals surface area (Å²) < 4.78 is 0. The lowest BCUT2D eigenvalue weighted by atomic mass is 9.56. The van der Waals surface area contributed by atoms with E-state index in [1.165, 1.54) is 4.90 Å². The summed E-state index contributed by atoms with van der Waals surface area (Å²) in [5.74, 6) is -1.90. The van der Waals surface area contributed by atoms with Crippen LogP contribution in [0, 0.1) is 25.7 Å². The van der Waals surface area contributed by atoms with Crippen molar-refractivity contribution in [2.75, 3.05) is 4.90 Å². The van der Waals surface area contributed by atoms with E-state index in [9.17, 15) is 14.4 Å². The van der Waals surface area contributed by atoms with Crippen molar-refractivity contribution in [2.24, 2.45) is 11.8 Å². The minimum absolute atomic E-state index is 0.0962. The molecule has 0 radical (unpaired) electrons. The standard InChI is InChI=1S/C22H19NO3/c1-11-6-5-9-16(12(11)2)23-21(25)19-15-10-17(24)18(20(19)22(23)26)14-8-4-3-7-13(14)15/h3-9,15,18-20H,10H2,1-2H3/t15-,18-,19-,20+/m0/s1. The zero-order valence-electron chi connectivity index (χ0n) is 14.7. The summed E-state index contributed by atoms with van der Waals surface area (Å²) in [4.78, 5) is 40.7. The minimum Gasteiger partial charge on any atom is -0.299 e. The molecule has 130 valence electrons. The van der Waals surface area contributed by atoms with E-state index in [1.807, 2.05) is 56.3 Å². The molecule has 2 amide bonds. The molecule has 26 heavy (non-hydrogen) atoms. The van der Waals surface area contributed by atoms with E-state index in [4.69, 9.17) is 0 Å². The maximum Gasteiger partial charge on any atom is 0.238 e. The number of carbonyl (C=O) groups is 3. The maximum atomic E-state index is 13.3. The molecule has 4 heteroatoms. The molecule has 0 aromatic heterocycles. The van der Waals surface area contributed by atoms with E-state index in [0.29, 0.717) is 12.1 Å². The van der Waals surface area contributed by atoms with Crippen LogP contribution < -0.4 is 4.90 Å². The van der Waals surface area contributed by atoms with Crippen LogP contribution in [0.1, 0.15) is 40.5 Å². The van der Waals surface area contributed by atoms with Gasteiger partial charge in [-0.05, 0) is 42.2 Å². The van der Waals surface area contributed by atoms with Crippen molar-refractivity contribution in [1.82, 2.24) is 0 Å². The highest BCUT2D eigenvalue weighted by atomic mass is 16.2. The van der Waals surface area contributed by atoms with Gasteiger partial charge in [0, 0.05) is 12.3 Å². The van der Waals surface area contributed by atoms with Crippen LogP contribution in [0.4, 0.5) is 5.69 Å². The molecule has 0 unspecified atom stereocenters. The first-order valence-corrected chi connectivity index (χ1v) is 9.06. The average molecular weight is 345 g/mol. The van der Waals surface area contributed by atoms with Gasteiger partial charge >= 0.3 is 0 Å². The number of rotatable bonds is 1. The molecule has 0 N–H and O–H groups in total. The zero-order valence-corrected chi connectivity index (χ0v) is 14.7. The molecular weight excluding hydrogens is 326 g/mol. The first kappa shape index (κ1) is 15.5. The molecule has 4 atom stereocenters. The Morgan fingerprint density at radius 2 is 1.54 bits per heavy atom. The largest absolute Gasteiger partial charge is 0.299 e. The summed E-state index contributed by atoms with van der Waals surface area (Å²) >= 11 is 0. The second kappa shape index (κ2) is 5.13. The van der Waals surface area contributed by atoms with Crippen LogP contribution in [0.25, 0.3) is 0 Å². The lowest BCUT2D eigenvalue weighted by Crippen LogP contribution is -2.44. The van der Waals surface area contributed by atoms with Crippen molar-refractivity contribution in [2.45, 2.75) is 32.1 Å². The highest BCUT2D eigenvalue weighted by Gasteiger charge is 2.62. The number of aryl methyl sites for hydroxylation is 1. The van der Waals surface area contributed by atoms with Crippen LogP contribution in [0.5, 0.6) is 0 Å². The predicted octanol–water partition coefficient (Wildman–Crippen LogP) is 3.26. The number of fused-ring (bicyclic) bond motifs is 1. The summed E-state index contributed by atoms with van der Waals surface area (Å²) in [7, 11) is 0. The van der Waals surface area contributed by atoms with Crippen LogP contribution in [-0.4, -0.2) is 17.6 Å². The van der Waals surface area contributed by atoms with E-state index < -0.39 is 17.8 Å². The van der Waals surface area contributed by atoms with Gasteiger partial charge in [0.15, 0.2) is 0 Å². The molecule has 2 aromatic rings. The number of hydrogen-bond acceptors (Lipinski definition) is 3. The Balaban J connectivity index is 1.68. The number of nitrogens with zero attached hydrogens (tertiary/aromatic N) is 1. The Kier molecular flexibility index (Phi) is 3.06. The number of amides is 2. The first-order valence-electron chi connectivity index (χ1n) is 9.06. The number of ketones is 1. The van der Waals surface area contributed by atoms with Gasteiger partial charge in [-0.25, -0.2) is 4.90 Å². The Hall–Kier alpha value is -2.75. The molecule has 4 nitrogen and oxygen atoms in total. The van der Waals surface area contributed by atoms with Crippen molar-refractivity contribution in [3.05, 3.63) is 64.7 Å². The van der Waals surface area contributed by atoms with E-state index in [0.717, 1.165) is 22.3 Å². The van der Waals surface area contributed by atoms with Gasteiger partial charge in [-0.1, -0.05) is 36.4 Å². The Labute approximate surface area is 151 Å². The third kappa shape index (κ3) is 1.77. The topological polar surface area (TPSA) is 54.5 Å². The second-order valence-corrected chi connectivity index (χ2v) is 7.67. The summed E-state index contributed by atoms with van der Waals surface area (Å²) in [5, 5.41) is 0. The lowest BCUT2D eigenvalue weighted by Gasteiger charge is -2.43. The molecule has 1 aliphatic heterocycles. The first-order chi connectivity index (χ1) is 12.5. The van der Waals surface area contributed by atoms with Crippen molar-refractivity contribution in [3.63, 3.8) is 0 Å². The molecule has 4 aliphatic rings. The predicted molar refractivity (Wildman–Crippen MR) is 96.9 cm³/mol. The van der Waals surface area contributed by atoms with Gasteiger partial charge in [0.25, 0.3) is 0 Å². The Morgan fingerprint density at radius 1 is 0.846 bits per heavy atom. The number of imide groups is 1. The Bertz CT molecular complexity index is 993. The van der Waals surface area contributed by atoms with Gasteiger partial charge in [-0.2, -0.15) is 0 Å². The summed E-state index contributed by atoms with van der Waals surface area (Å²) in [5.41, 5.74) is 4.65. The normalized spacial score (nSPS) is 29.2. The number of anilines is 1. The van der Waals surface area contributed by atoms with Gasteiger partial charge in [-0.15, -0.1) is 0 Å². The second-order valence-electron chi connectivity index (χ2n) is 7.67. The van der Waals surface area contributed by atoms with Gasteiger partial charge in [0.05, 0.1) is 23.4 Å². The van der Waals surface area contributed by atoms with Crippen LogP contribution in [0.15, 0.2) is 42.5 Å². The van der Waals surface area contributed by atoms with Crippen molar-refractivity contribution < 1.29 is 14.4 Å². The van der Waals surface area contributed by atoms with Gasteiger partial charge in [0.2, 0.25) is 11.8 Å². The molecule has 1 saturated heterocycles. The van der Waals surface area contributed by atoms with Crippen LogP contribution >= 0.6 is 0 Å². The Morgan fingerprint density at radius 3 is 2.31 bits per heavy atom. The number of Topliss-reactive ketones (excluding diaryl/α,β-unsaturated/α-hetero) is 1. The maximum absolute atomic E-state index is 13.3. The van der Waals surface area contributed by atoms with E-state index in [-0.39, 0.29) is 23.5 Å². The van der Waals surface area contributed by atoms with Gasteiger partial charge in [-0.3, -0.25) is 14.4 Å². The SMILES string of the molecule is Cc1cccc(N2C(=O)[C@@H]3[C@H](C2=O)[C@@H]2C(=O)C[C@H]3c3ccccc32)c1C. The molecule has 2 bridgehead atoms. The van der Waals surface area contributed by atoms with Crippen LogP contribution in [-0.2, 0) is 14.4 Å². The summed E-state index contributed by atoms with van der Waals surface area (Å²) in [6.45, 7) is 3.90. The molecule has 2 aromatic carbocycles. The quantitative estimate of drug-likeness (QED) is 0.746. The number of benzene rings is 2. The minimum atomic E-state index is -0.552. The van der Waals surface area contributed by atoms with E-state index in [2.05, 4.69) is 0 Å². The third-order valence-electron chi connectivity index (χ3n) is 6.51. The monoisotopic (exact) mass is 345 g/mol. The van der Waals surface area contributed by atoms with E-state index in [1.54, 1.807) is 0 Å². The van der Waals surface area contributed by atoms with Crippen molar-refractivity contribution in [1.29, 1.82) is 0 Å². The zero-order chi connectivity index (χ0) is 18.2. The molecule has 2 fully saturated rings. The third-order valence-corrected chi connectivity index (χ3v) is 6.51. The molecule has 1 saturated carbocycles. The fourth-order valence-electron chi connectivity index (χ4n) is 5.17. The lowest BCUT2D eigenvalue weighted by molar-refractivity contribution is -0.134. The van der Waals surface area contributed by atoms with Crippen LogP contribution in [0.3, 0.4) is 0 Å². The van der Waals surface area contributed by atoms with Crippen molar-refractivity contribution >= 4 is 23.3 Å². The molecular formula is C22H19NO3. The average Bonchev–Trinajstić information content (AvgIpc) is 2.90.